The second-order valence-corrected chi connectivity index (χ2v) is 9.77. The molecule has 0 spiro atoms. The number of carbonyl (C=O) groups excluding carboxylic acids is 2. The summed E-state index contributed by atoms with van der Waals surface area (Å²) in [6.07, 6.45) is 3.65. The highest BCUT2D eigenvalue weighted by molar-refractivity contribution is 7.13. The Hall–Kier alpha value is -2.41. The van der Waals surface area contributed by atoms with E-state index in [9.17, 15) is 9.59 Å². The number of likely N-dealkylation sites (tertiary alicyclic amines) is 1. The lowest BCUT2D eigenvalue weighted by Crippen LogP contribution is -2.44. The minimum absolute atomic E-state index is 0.0480. The van der Waals surface area contributed by atoms with E-state index in [1.807, 2.05) is 36.1 Å². The van der Waals surface area contributed by atoms with Gasteiger partial charge in [-0.1, -0.05) is 38.5 Å². The summed E-state index contributed by atoms with van der Waals surface area (Å²) < 4.78 is 0. The first-order valence-corrected chi connectivity index (χ1v) is 10.9. The predicted octanol–water partition coefficient (Wildman–Crippen LogP) is 4.42. The molecule has 0 aliphatic carbocycles. The molecule has 0 bridgehead atoms. The van der Waals surface area contributed by atoms with Gasteiger partial charge in [-0.05, 0) is 37.8 Å². The minimum Gasteiger partial charge on any atom is -0.338 e. The molecule has 6 nitrogen and oxygen atoms in total. The number of aryl methyl sites for hydroxylation is 1. The molecule has 1 unspecified atom stereocenters. The van der Waals surface area contributed by atoms with Crippen LogP contribution in [0.2, 0.25) is 0 Å². The van der Waals surface area contributed by atoms with Crippen molar-refractivity contribution in [2.24, 2.45) is 5.92 Å². The number of thiazole rings is 1. The van der Waals surface area contributed by atoms with Gasteiger partial charge in [-0.2, -0.15) is 0 Å². The number of benzene rings is 1. The quantitative estimate of drug-likeness (QED) is 0.778. The van der Waals surface area contributed by atoms with E-state index in [0.29, 0.717) is 18.0 Å². The van der Waals surface area contributed by atoms with Crippen molar-refractivity contribution in [1.82, 2.24) is 15.2 Å². The molecule has 1 atom stereocenters. The zero-order valence-corrected chi connectivity index (χ0v) is 18.4. The number of hydrogen-bond donors (Lipinski definition) is 2. The van der Waals surface area contributed by atoms with Crippen molar-refractivity contribution < 1.29 is 9.59 Å². The smallest absolute Gasteiger partial charge is 0.319 e. The molecule has 0 saturated carbocycles. The van der Waals surface area contributed by atoms with E-state index in [-0.39, 0.29) is 23.3 Å². The van der Waals surface area contributed by atoms with Crippen molar-refractivity contribution in [3.63, 3.8) is 0 Å². The van der Waals surface area contributed by atoms with Crippen LogP contribution in [0.1, 0.15) is 53.9 Å². The van der Waals surface area contributed by atoms with E-state index >= 15 is 0 Å². The Kier molecular flexibility index (Phi) is 6.57. The third kappa shape index (κ3) is 5.79. The normalized spacial score (nSPS) is 17.1. The molecule has 1 fully saturated rings. The van der Waals surface area contributed by atoms with Gasteiger partial charge in [0.05, 0.1) is 11.2 Å². The van der Waals surface area contributed by atoms with Crippen LogP contribution < -0.4 is 10.6 Å². The van der Waals surface area contributed by atoms with Crippen LogP contribution in [0.3, 0.4) is 0 Å². The molecular formula is C22H30N4O2S. The van der Waals surface area contributed by atoms with Crippen LogP contribution in [0.5, 0.6) is 0 Å². The molecule has 156 valence electrons. The van der Waals surface area contributed by atoms with Crippen LogP contribution in [0.25, 0.3) is 0 Å². The second kappa shape index (κ2) is 8.95. The number of carbonyl (C=O) groups is 2. The van der Waals surface area contributed by atoms with Crippen LogP contribution in [0.4, 0.5) is 10.5 Å². The summed E-state index contributed by atoms with van der Waals surface area (Å²) in [5.74, 6) is 0.304. The summed E-state index contributed by atoms with van der Waals surface area (Å²) in [6.45, 7) is 10.3. The monoisotopic (exact) mass is 414 g/mol. The summed E-state index contributed by atoms with van der Waals surface area (Å²) in [5.41, 5.74) is 1.87. The van der Waals surface area contributed by atoms with Crippen molar-refractivity contribution in [3.8, 4) is 0 Å². The lowest BCUT2D eigenvalue weighted by atomic mass is 9.98. The number of aromatic nitrogens is 1. The van der Waals surface area contributed by atoms with Crippen molar-refractivity contribution in [2.45, 2.75) is 46.0 Å². The number of hydrogen-bond acceptors (Lipinski definition) is 4. The standard InChI is InChI=1S/C22H30N4O2S/c1-15-7-9-17(10-8-15)25-21(28)24-12-16-6-5-11-26(14-16)19(27)18-13-23-20(29-18)22(2,3)4/h7-10,13,16H,5-6,11-12,14H2,1-4H3,(H2,24,25,28). The van der Waals surface area contributed by atoms with Gasteiger partial charge in [0.2, 0.25) is 0 Å². The fourth-order valence-electron chi connectivity index (χ4n) is 3.34. The lowest BCUT2D eigenvalue weighted by Gasteiger charge is -2.32. The van der Waals surface area contributed by atoms with E-state index < -0.39 is 0 Å². The molecule has 1 aliphatic rings. The summed E-state index contributed by atoms with van der Waals surface area (Å²) in [7, 11) is 0. The molecule has 2 aromatic rings. The fourth-order valence-corrected chi connectivity index (χ4v) is 4.28. The first-order chi connectivity index (χ1) is 13.7. The van der Waals surface area contributed by atoms with Crippen LogP contribution >= 0.6 is 11.3 Å². The summed E-state index contributed by atoms with van der Waals surface area (Å²) in [6, 6.07) is 7.48. The number of anilines is 1. The molecular weight excluding hydrogens is 384 g/mol. The topological polar surface area (TPSA) is 74.3 Å². The Morgan fingerprint density at radius 3 is 2.62 bits per heavy atom. The maximum atomic E-state index is 12.9. The number of amides is 3. The highest BCUT2D eigenvalue weighted by Gasteiger charge is 2.27. The van der Waals surface area contributed by atoms with E-state index in [2.05, 4.69) is 36.4 Å². The van der Waals surface area contributed by atoms with Gasteiger partial charge in [0.25, 0.3) is 5.91 Å². The van der Waals surface area contributed by atoms with E-state index in [4.69, 9.17) is 0 Å². The van der Waals surface area contributed by atoms with Gasteiger partial charge < -0.3 is 15.5 Å². The summed E-state index contributed by atoms with van der Waals surface area (Å²) in [4.78, 5) is 32.1. The molecule has 29 heavy (non-hydrogen) atoms. The van der Waals surface area contributed by atoms with Gasteiger partial charge in [-0.15, -0.1) is 11.3 Å². The van der Waals surface area contributed by atoms with Gasteiger partial charge in [-0.25, -0.2) is 9.78 Å². The molecule has 1 aromatic carbocycles. The van der Waals surface area contributed by atoms with Crippen molar-refractivity contribution >= 4 is 29.0 Å². The first kappa shape index (κ1) is 21.3. The van der Waals surface area contributed by atoms with Crippen LogP contribution in [-0.4, -0.2) is 41.5 Å². The van der Waals surface area contributed by atoms with Crippen LogP contribution in [0.15, 0.2) is 30.5 Å². The molecule has 1 saturated heterocycles. The summed E-state index contributed by atoms with van der Waals surface area (Å²) >= 11 is 1.48. The van der Waals surface area contributed by atoms with Gasteiger partial charge in [0, 0.05) is 30.7 Å². The number of urea groups is 1. The summed E-state index contributed by atoms with van der Waals surface area (Å²) in [5, 5.41) is 6.76. The highest BCUT2D eigenvalue weighted by Crippen LogP contribution is 2.28. The van der Waals surface area contributed by atoms with Crippen molar-refractivity contribution in [3.05, 3.63) is 45.9 Å². The number of rotatable bonds is 4. The average Bonchev–Trinajstić information content (AvgIpc) is 3.19. The first-order valence-electron chi connectivity index (χ1n) is 10.1. The maximum absolute atomic E-state index is 12.9. The van der Waals surface area contributed by atoms with Gasteiger partial charge in [-0.3, -0.25) is 4.79 Å². The molecule has 0 radical (unpaired) electrons. The van der Waals surface area contributed by atoms with Crippen molar-refractivity contribution in [2.75, 3.05) is 25.0 Å². The average molecular weight is 415 g/mol. The van der Waals surface area contributed by atoms with Crippen molar-refractivity contribution in [1.29, 1.82) is 0 Å². The third-order valence-electron chi connectivity index (χ3n) is 5.03. The Morgan fingerprint density at radius 1 is 1.24 bits per heavy atom. The van der Waals surface area contributed by atoms with E-state index in [1.54, 1.807) is 6.20 Å². The molecule has 1 aromatic heterocycles. The molecule has 7 heteroatoms. The highest BCUT2D eigenvalue weighted by atomic mass is 32.1. The third-order valence-corrected chi connectivity index (χ3v) is 6.44. The van der Waals surface area contributed by atoms with Gasteiger partial charge in [0.1, 0.15) is 4.88 Å². The Morgan fingerprint density at radius 2 is 1.97 bits per heavy atom. The molecule has 3 amide bonds. The molecule has 3 rings (SSSR count). The zero-order valence-electron chi connectivity index (χ0n) is 17.6. The fraction of sp³-hybridized carbons (Fsp3) is 0.500. The zero-order chi connectivity index (χ0) is 21.0. The largest absolute Gasteiger partial charge is 0.338 e. The van der Waals surface area contributed by atoms with Gasteiger partial charge >= 0.3 is 6.03 Å². The maximum Gasteiger partial charge on any atom is 0.319 e. The molecule has 1 aliphatic heterocycles. The Bertz CT molecular complexity index is 854. The van der Waals surface area contributed by atoms with E-state index in [1.165, 1.54) is 11.3 Å². The number of nitrogens with one attached hydrogen (secondary N) is 2. The van der Waals surface area contributed by atoms with Gasteiger partial charge in [0.15, 0.2) is 0 Å². The lowest BCUT2D eigenvalue weighted by molar-refractivity contribution is 0.0680. The Balaban J connectivity index is 1.51. The predicted molar refractivity (Wildman–Crippen MR) is 118 cm³/mol. The number of piperidine rings is 1. The minimum atomic E-state index is -0.213. The second-order valence-electron chi connectivity index (χ2n) is 8.74. The van der Waals surface area contributed by atoms with E-state index in [0.717, 1.165) is 35.6 Å². The Labute approximate surface area is 176 Å². The van der Waals surface area contributed by atoms with Crippen LogP contribution in [0, 0.1) is 12.8 Å². The molecule has 2 heterocycles. The number of nitrogens with zero attached hydrogens (tertiary/aromatic N) is 2. The molecule has 2 N–H and O–H groups in total. The van der Waals surface area contributed by atoms with Crippen LogP contribution in [-0.2, 0) is 5.41 Å². The SMILES string of the molecule is Cc1ccc(NC(=O)NCC2CCCN(C(=O)c3cnc(C(C)(C)C)s3)C2)cc1.